The summed E-state index contributed by atoms with van der Waals surface area (Å²) in [4.78, 5) is 33.2. The van der Waals surface area contributed by atoms with Crippen LogP contribution in [0.2, 0.25) is 0 Å². The normalized spacial score (nSPS) is 23.6. The number of hydrogen-bond donors (Lipinski definition) is 1. The smallest absolute Gasteiger partial charge is 0.248 e. The minimum Gasteiger partial charge on any atom is -0.373 e. The van der Waals surface area contributed by atoms with Crippen LogP contribution in [-0.2, 0) is 4.74 Å². The average molecular weight is 456 g/mol. The summed E-state index contributed by atoms with van der Waals surface area (Å²) in [5.41, 5.74) is 4.24. The molecule has 0 spiro atoms. The third-order valence-corrected chi connectivity index (χ3v) is 6.92. The molecular weight excluding hydrogens is 428 g/mol. The zero-order chi connectivity index (χ0) is 23.2. The first-order valence-electron chi connectivity index (χ1n) is 11.5. The molecule has 3 aromatic heterocycles. The zero-order valence-electron chi connectivity index (χ0n) is 18.8. The van der Waals surface area contributed by atoms with Gasteiger partial charge in [-0.1, -0.05) is 0 Å². The second kappa shape index (κ2) is 8.52. The van der Waals surface area contributed by atoms with E-state index in [4.69, 9.17) is 19.7 Å². The molecule has 174 valence electrons. The Kier molecular flexibility index (Phi) is 5.68. The number of aryl methyl sites for hydroxylation is 2. The fourth-order valence-electron chi connectivity index (χ4n) is 4.82. The molecule has 4 heterocycles. The molecule has 3 aromatic rings. The first-order chi connectivity index (χ1) is 15.8. The van der Waals surface area contributed by atoms with Crippen LogP contribution in [0.25, 0.3) is 11.2 Å². The van der Waals surface area contributed by atoms with E-state index in [9.17, 15) is 13.6 Å². The van der Waals surface area contributed by atoms with Crippen molar-refractivity contribution in [1.82, 2.24) is 24.9 Å². The Morgan fingerprint density at radius 1 is 1.00 bits per heavy atom. The molecule has 2 aliphatic rings. The highest BCUT2D eigenvalue weighted by Gasteiger charge is 2.37. The summed E-state index contributed by atoms with van der Waals surface area (Å²) in [5, 5.41) is 0. The van der Waals surface area contributed by atoms with Crippen molar-refractivity contribution in [3.8, 4) is 0 Å². The van der Waals surface area contributed by atoms with Crippen LogP contribution in [0.15, 0.2) is 23.1 Å². The van der Waals surface area contributed by atoms with Gasteiger partial charge < -0.3 is 9.72 Å². The van der Waals surface area contributed by atoms with Crippen molar-refractivity contribution in [1.29, 1.82) is 0 Å². The SMILES string of the molecule is Cc1nc2nc([C@H]3CCO[C@@H](c4ccc(=O)[nH]c4)C3)nc(C3CCC(F)(F)CC3)c2nc1C. The Morgan fingerprint density at radius 3 is 2.48 bits per heavy atom. The van der Waals surface area contributed by atoms with Crippen molar-refractivity contribution in [2.75, 3.05) is 6.61 Å². The number of aromatic amines is 1. The molecule has 1 saturated heterocycles. The van der Waals surface area contributed by atoms with Crippen molar-refractivity contribution in [3.05, 3.63) is 57.2 Å². The molecule has 2 atom stereocenters. The van der Waals surface area contributed by atoms with E-state index in [0.717, 1.165) is 29.1 Å². The number of nitrogens with zero attached hydrogens (tertiary/aromatic N) is 4. The first-order valence-corrected chi connectivity index (χ1v) is 11.5. The molecule has 9 heteroatoms. The monoisotopic (exact) mass is 455 g/mol. The third-order valence-electron chi connectivity index (χ3n) is 6.92. The van der Waals surface area contributed by atoms with Gasteiger partial charge in [0.25, 0.3) is 0 Å². The summed E-state index contributed by atoms with van der Waals surface area (Å²) in [6, 6.07) is 3.27. The number of alkyl halides is 2. The highest BCUT2D eigenvalue weighted by Crippen LogP contribution is 2.43. The van der Waals surface area contributed by atoms with E-state index in [-0.39, 0.29) is 36.3 Å². The van der Waals surface area contributed by atoms with E-state index in [1.807, 2.05) is 13.8 Å². The lowest BCUT2D eigenvalue weighted by molar-refractivity contribution is -0.0384. The Labute approximate surface area is 190 Å². The van der Waals surface area contributed by atoms with Crippen LogP contribution in [0.3, 0.4) is 0 Å². The van der Waals surface area contributed by atoms with Crippen LogP contribution in [0.4, 0.5) is 8.78 Å². The number of halogens is 2. The summed E-state index contributed by atoms with van der Waals surface area (Å²) in [6.07, 6.45) is 3.40. The topological polar surface area (TPSA) is 93.7 Å². The zero-order valence-corrected chi connectivity index (χ0v) is 18.8. The highest BCUT2D eigenvalue weighted by molar-refractivity contribution is 5.73. The number of H-pyrrole nitrogens is 1. The van der Waals surface area contributed by atoms with E-state index >= 15 is 0 Å². The number of fused-ring (bicyclic) bond motifs is 1. The standard InChI is InChI=1S/C24H27F2N5O2/c1-13-14(2)29-23-21(28-13)20(15-5-8-24(25,26)9-6-15)30-22(31-23)16-7-10-33-18(11-16)17-3-4-19(32)27-12-17/h3-4,12,15-16,18H,5-11H2,1-2H3,(H,27,32)/t16-,18+/m0/s1. The molecule has 0 amide bonds. The second-order valence-corrected chi connectivity index (χ2v) is 9.23. The number of aromatic nitrogens is 5. The van der Waals surface area contributed by atoms with Crippen molar-refractivity contribution < 1.29 is 13.5 Å². The van der Waals surface area contributed by atoms with E-state index in [1.165, 1.54) is 6.07 Å². The summed E-state index contributed by atoms with van der Waals surface area (Å²) in [7, 11) is 0. The van der Waals surface area contributed by atoms with Gasteiger partial charge >= 0.3 is 0 Å². The Balaban J connectivity index is 1.52. The van der Waals surface area contributed by atoms with Gasteiger partial charge in [-0.05, 0) is 51.2 Å². The molecule has 1 saturated carbocycles. The maximum Gasteiger partial charge on any atom is 0.248 e. The van der Waals surface area contributed by atoms with Gasteiger partial charge in [-0.3, -0.25) is 4.79 Å². The molecule has 0 unspecified atom stereocenters. The Bertz CT molecular complexity index is 1210. The van der Waals surface area contributed by atoms with Crippen molar-refractivity contribution >= 4 is 11.2 Å². The van der Waals surface area contributed by atoms with Crippen LogP contribution in [0, 0.1) is 13.8 Å². The van der Waals surface area contributed by atoms with E-state index in [1.54, 1.807) is 12.3 Å². The van der Waals surface area contributed by atoms with Gasteiger partial charge in [-0.25, -0.2) is 28.7 Å². The molecule has 0 radical (unpaired) electrons. The molecule has 5 rings (SSSR count). The average Bonchev–Trinajstić information content (AvgIpc) is 2.80. The molecular formula is C24H27F2N5O2. The molecule has 2 fully saturated rings. The minimum absolute atomic E-state index is 0.0345. The lowest BCUT2D eigenvalue weighted by atomic mass is 9.84. The highest BCUT2D eigenvalue weighted by atomic mass is 19.3. The minimum atomic E-state index is -2.61. The van der Waals surface area contributed by atoms with Gasteiger partial charge in [-0.15, -0.1) is 0 Å². The van der Waals surface area contributed by atoms with E-state index < -0.39 is 5.92 Å². The van der Waals surface area contributed by atoms with Crippen LogP contribution in [-0.4, -0.2) is 37.4 Å². The molecule has 1 N–H and O–H groups in total. The molecule has 7 nitrogen and oxygen atoms in total. The second-order valence-electron chi connectivity index (χ2n) is 9.23. The van der Waals surface area contributed by atoms with Crippen molar-refractivity contribution in [3.63, 3.8) is 0 Å². The summed E-state index contributed by atoms with van der Waals surface area (Å²) >= 11 is 0. The summed E-state index contributed by atoms with van der Waals surface area (Å²) < 4.78 is 33.6. The largest absolute Gasteiger partial charge is 0.373 e. The quantitative estimate of drug-likeness (QED) is 0.618. The number of pyridine rings is 1. The van der Waals surface area contributed by atoms with Gasteiger partial charge in [-0.2, -0.15) is 0 Å². The Hall–Kier alpha value is -2.81. The van der Waals surface area contributed by atoms with Crippen LogP contribution < -0.4 is 5.56 Å². The third kappa shape index (κ3) is 4.51. The number of ether oxygens (including phenoxy) is 1. The van der Waals surface area contributed by atoms with E-state index in [0.29, 0.717) is 42.9 Å². The summed E-state index contributed by atoms with van der Waals surface area (Å²) in [5.74, 6) is -1.98. The van der Waals surface area contributed by atoms with Gasteiger partial charge in [0.15, 0.2) is 5.65 Å². The fraction of sp³-hybridized carbons (Fsp3) is 0.542. The van der Waals surface area contributed by atoms with E-state index in [2.05, 4.69) is 9.97 Å². The lowest BCUT2D eigenvalue weighted by Gasteiger charge is -2.31. The number of nitrogens with one attached hydrogen (secondary N) is 1. The predicted octanol–water partition coefficient (Wildman–Crippen LogP) is 4.65. The summed E-state index contributed by atoms with van der Waals surface area (Å²) in [6.45, 7) is 4.33. The lowest BCUT2D eigenvalue weighted by Crippen LogP contribution is -2.25. The number of rotatable bonds is 3. The molecule has 0 aromatic carbocycles. The van der Waals surface area contributed by atoms with Gasteiger partial charge in [0, 0.05) is 43.5 Å². The van der Waals surface area contributed by atoms with Crippen molar-refractivity contribution in [2.24, 2.45) is 0 Å². The number of hydrogen-bond acceptors (Lipinski definition) is 6. The molecule has 1 aliphatic carbocycles. The molecule has 33 heavy (non-hydrogen) atoms. The van der Waals surface area contributed by atoms with Crippen molar-refractivity contribution in [2.45, 2.75) is 76.2 Å². The first kappa shape index (κ1) is 22.0. The van der Waals surface area contributed by atoms with Gasteiger partial charge in [0.05, 0.1) is 23.2 Å². The van der Waals surface area contributed by atoms with Gasteiger partial charge in [0.1, 0.15) is 11.3 Å². The van der Waals surface area contributed by atoms with Crippen LogP contribution >= 0.6 is 0 Å². The molecule has 0 bridgehead atoms. The maximum absolute atomic E-state index is 13.8. The van der Waals surface area contributed by atoms with Crippen LogP contribution in [0.5, 0.6) is 0 Å². The fourth-order valence-corrected chi connectivity index (χ4v) is 4.82. The van der Waals surface area contributed by atoms with Crippen LogP contribution in [0.1, 0.15) is 84.9 Å². The molecule has 1 aliphatic heterocycles. The van der Waals surface area contributed by atoms with Gasteiger partial charge in [0.2, 0.25) is 11.5 Å². The maximum atomic E-state index is 13.8. The predicted molar refractivity (Wildman–Crippen MR) is 118 cm³/mol. The Morgan fingerprint density at radius 2 is 1.76 bits per heavy atom.